The Labute approximate surface area is 148 Å². The van der Waals surface area contributed by atoms with Crippen LogP contribution in [0.15, 0.2) is 42.6 Å². The highest BCUT2D eigenvalue weighted by Crippen LogP contribution is 2.30. The Kier molecular flexibility index (Phi) is 5.97. The molecule has 0 saturated carbocycles. The van der Waals surface area contributed by atoms with Crippen LogP contribution in [-0.2, 0) is 6.18 Å². The molecule has 1 unspecified atom stereocenters. The van der Waals surface area contributed by atoms with E-state index in [1.807, 2.05) is 13.8 Å². The van der Waals surface area contributed by atoms with Gasteiger partial charge in [-0.05, 0) is 43.7 Å². The van der Waals surface area contributed by atoms with Crippen molar-refractivity contribution < 1.29 is 22.8 Å². The fourth-order valence-corrected chi connectivity index (χ4v) is 2.07. The van der Waals surface area contributed by atoms with Gasteiger partial charge in [-0.2, -0.15) is 13.2 Å². The summed E-state index contributed by atoms with van der Waals surface area (Å²) < 4.78 is 38.2. The van der Waals surface area contributed by atoms with Crippen LogP contribution in [0.2, 0.25) is 0 Å². The third-order valence-corrected chi connectivity index (χ3v) is 3.69. The lowest BCUT2D eigenvalue weighted by atomic mass is 10.1. The maximum atomic E-state index is 12.7. The van der Waals surface area contributed by atoms with Crippen LogP contribution in [0.4, 0.5) is 18.9 Å². The predicted molar refractivity (Wildman–Crippen MR) is 90.9 cm³/mol. The van der Waals surface area contributed by atoms with Crippen LogP contribution < -0.4 is 10.6 Å². The van der Waals surface area contributed by atoms with E-state index >= 15 is 0 Å². The summed E-state index contributed by atoms with van der Waals surface area (Å²) in [4.78, 5) is 28.2. The maximum Gasteiger partial charge on any atom is 0.416 e. The summed E-state index contributed by atoms with van der Waals surface area (Å²) in [6.45, 7) is 3.77. The molecular formula is C18H18F3N3O2. The summed E-state index contributed by atoms with van der Waals surface area (Å²) in [6.07, 6.45) is -2.46. The van der Waals surface area contributed by atoms with Crippen LogP contribution in [0.1, 0.15) is 46.7 Å². The van der Waals surface area contributed by atoms with Crippen molar-refractivity contribution >= 4 is 17.5 Å². The molecule has 0 aliphatic carbocycles. The lowest BCUT2D eigenvalue weighted by molar-refractivity contribution is -0.137. The highest BCUT2D eigenvalue weighted by Gasteiger charge is 2.30. The van der Waals surface area contributed by atoms with Gasteiger partial charge in [0.25, 0.3) is 11.8 Å². The minimum atomic E-state index is -4.51. The SMILES string of the molecule is CCC(C)NC(=O)c1ccnc(C(=O)Nc2cccc(C(F)(F)F)c2)c1. The number of halogens is 3. The van der Waals surface area contributed by atoms with E-state index < -0.39 is 17.6 Å². The highest BCUT2D eigenvalue weighted by molar-refractivity contribution is 6.04. The second-order valence-electron chi connectivity index (χ2n) is 5.75. The quantitative estimate of drug-likeness (QED) is 0.845. The fourth-order valence-electron chi connectivity index (χ4n) is 2.07. The second-order valence-corrected chi connectivity index (χ2v) is 5.75. The van der Waals surface area contributed by atoms with E-state index in [1.54, 1.807) is 0 Å². The molecule has 2 aromatic rings. The standard InChI is InChI=1S/C18H18F3N3O2/c1-3-11(2)23-16(25)12-7-8-22-15(9-12)17(26)24-14-6-4-5-13(10-14)18(19,20)21/h4-11H,3H2,1-2H3,(H,23,25)(H,24,26). The monoisotopic (exact) mass is 365 g/mol. The predicted octanol–water partition coefficient (Wildman–Crippen LogP) is 3.88. The number of anilines is 1. The summed E-state index contributed by atoms with van der Waals surface area (Å²) in [5.74, 6) is -1.06. The zero-order valence-corrected chi connectivity index (χ0v) is 14.2. The zero-order valence-electron chi connectivity index (χ0n) is 14.2. The van der Waals surface area contributed by atoms with Gasteiger partial charge >= 0.3 is 6.18 Å². The number of amides is 2. The van der Waals surface area contributed by atoms with Gasteiger partial charge in [-0.15, -0.1) is 0 Å². The Balaban J connectivity index is 2.16. The van der Waals surface area contributed by atoms with Gasteiger partial charge < -0.3 is 10.6 Å². The molecule has 2 N–H and O–H groups in total. The molecule has 5 nitrogen and oxygen atoms in total. The number of aromatic nitrogens is 1. The van der Waals surface area contributed by atoms with Gasteiger partial charge in [0.05, 0.1) is 5.56 Å². The third-order valence-electron chi connectivity index (χ3n) is 3.69. The molecule has 0 aliphatic heterocycles. The average Bonchev–Trinajstić information content (AvgIpc) is 2.61. The summed E-state index contributed by atoms with van der Waals surface area (Å²) in [7, 11) is 0. The Morgan fingerprint density at radius 1 is 1.15 bits per heavy atom. The first-order valence-electron chi connectivity index (χ1n) is 7.96. The minimum absolute atomic E-state index is 0.0129. The van der Waals surface area contributed by atoms with E-state index in [0.29, 0.717) is 0 Å². The number of alkyl halides is 3. The molecule has 8 heteroatoms. The molecule has 138 valence electrons. The second kappa shape index (κ2) is 7.99. The van der Waals surface area contributed by atoms with Gasteiger partial charge in [-0.25, -0.2) is 0 Å². The maximum absolute atomic E-state index is 12.7. The van der Waals surface area contributed by atoms with Crippen LogP contribution >= 0.6 is 0 Å². The molecule has 2 rings (SSSR count). The number of rotatable bonds is 5. The lowest BCUT2D eigenvalue weighted by Gasteiger charge is -2.12. The molecule has 0 spiro atoms. The van der Waals surface area contributed by atoms with Crippen LogP contribution in [0.25, 0.3) is 0 Å². The first-order chi connectivity index (χ1) is 12.2. The van der Waals surface area contributed by atoms with Crippen molar-refractivity contribution in [3.8, 4) is 0 Å². The molecule has 0 aliphatic rings. The van der Waals surface area contributed by atoms with Crippen LogP contribution in [0.3, 0.4) is 0 Å². The Morgan fingerprint density at radius 3 is 2.54 bits per heavy atom. The molecule has 0 fully saturated rings. The van der Waals surface area contributed by atoms with Crippen molar-refractivity contribution in [3.63, 3.8) is 0 Å². The van der Waals surface area contributed by atoms with E-state index in [1.165, 1.54) is 30.5 Å². The van der Waals surface area contributed by atoms with E-state index in [2.05, 4.69) is 15.6 Å². The molecule has 1 aromatic carbocycles. The largest absolute Gasteiger partial charge is 0.416 e. The van der Waals surface area contributed by atoms with Crippen molar-refractivity contribution in [2.45, 2.75) is 32.5 Å². The molecule has 0 saturated heterocycles. The first-order valence-corrected chi connectivity index (χ1v) is 7.96. The first kappa shape index (κ1) is 19.4. The van der Waals surface area contributed by atoms with E-state index in [-0.39, 0.29) is 28.9 Å². The number of benzene rings is 1. The number of hydrogen-bond donors (Lipinski definition) is 2. The van der Waals surface area contributed by atoms with Gasteiger partial charge in [0.1, 0.15) is 5.69 Å². The molecule has 2 amide bonds. The molecule has 0 bridgehead atoms. The minimum Gasteiger partial charge on any atom is -0.350 e. The Hall–Kier alpha value is -2.90. The van der Waals surface area contributed by atoms with Crippen molar-refractivity contribution in [1.82, 2.24) is 10.3 Å². The molecule has 0 radical (unpaired) electrons. The lowest BCUT2D eigenvalue weighted by Crippen LogP contribution is -2.32. The van der Waals surface area contributed by atoms with Gasteiger partial charge in [-0.1, -0.05) is 13.0 Å². The number of hydrogen-bond acceptors (Lipinski definition) is 3. The number of nitrogens with one attached hydrogen (secondary N) is 2. The van der Waals surface area contributed by atoms with Crippen molar-refractivity contribution in [2.75, 3.05) is 5.32 Å². The van der Waals surface area contributed by atoms with E-state index in [4.69, 9.17) is 0 Å². The van der Waals surface area contributed by atoms with Crippen molar-refractivity contribution in [2.24, 2.45) is 0 Å². The van der Waals surface area contributed by atoms with Crippen molar-refractivity contribution in [3.05, 3.63) is 59.4 Å². The number of carbonyl (C=O) groups excluding carboxylic acids is 2. The summed E-state index contributed by atoms with van der Waals surface area (Å²) in [6, 6.07) is 7.00. The molecule has 1 aromatic heterocycles. The normalized spacial score (nSPS) is 12.3. The third kappa shape index (κ3) is 5.05. The van der Waals surface area contributed by atoms with Crippen molar-refractivity contribution in [1.29, 1.82) is 0 Å². The van der Waals surface area contributed by atoms with Crippen LogP contribution in [0.5, 0.6) is 0 Å². The smallest absolute Gasteiger partial charge is 0.350 e. The van der Waals surface area contributed by atoms with Gasteiger partial charge in [-0.3, -0.25) is 14.6 Å². The molecule has 1 atom stereocenters. The highest BCUT2D eigenvalue weighted by atomic mass is 19.4. The fraction of sp³-hybridized carbons (Fsp3) is 0.278. The summed E-state index contributed by atoms with van der Waals surface area (Å²) in [5.41, 5.74) is -0.709. The number of pyridine rings is 1. The number of carbonyl (C=O) groups is 2. The Bertz CT molecular complexity index is 806. The van der Waals surface area contributed by atoms with Gasteiger partial charge in [0.15, 0.2) is 0 Å². The zero-order chi connectivity index (χ0) is 19.3. The summed E-state index contributed by atoms with van der Waals surface area (Å²) >= 11 is 0. The molecule has 1 heterocycles. The van der Waals surface area contributed by atoms with Gasteiger partial charge in [0.2, 0.25) is 0 Å². The van der Waals surface area contributed by atoms with Crippen LogP contribution in [0, 0.1) is 0 Å². The van der Waals surface area contributed by atoms with E-state index in [0.717, 1.165) is 18.6 Å². The topological polar surface area (TPSA) is 71.1 Å². The Morgan fingerprint density at radius 2 is 1.88 bits per heavy atom. The van der Waals surface area contributed by atoms with Gasteiger partial charge in [0, 0.05) is 23.5 Å². The van der Waals surface area contributed by atoms with Crippen LogP contribution in [-0.4, -0.2) is 22.8 Å². The molecule has 26 heavy (non-hydrogen) atoms. The van der Waals surface area contributed by atoms with E-state index in [9.17, 15) is 22.8 Å². The summed E-state index contributed by atoms with van der Waals surface area (Å²) in [5, 5.41) is 5.12. The number of nitrogens with zero attached hydrogens (tertiary/aromatic N) is 1. The molecular weight excluding hydrogens is 347 g/mol. The average molecular weight is 365 g/mol.